The Bertz CT molecular complexity index is 369. The van der Waals surface area contributed by atoms with Crippen molar-refractivity contribution in [2.24, 2.45) is 5.73 Å². The SMILES string of the molecule is CC(N)(C(=O)NC1CCC1)c1ccccc1. The van der Waals surface area contributed by atoms with Gasteiger partial charge in [-0.3, -0.25) is 4.79 Å². The van der Waals surface area contributed by atoms with Crippen molar-refractivity contribution in [3.8, 4) is 0 Å². The van der Waals surface area contributed by atoms with Crippen LogP contribution in [0.15, 0.2) is 30.3 Å². The summed E-state index contributed by atoms with van der Waals surface area (Å²) < 4.78 is 0. The van der Waals surface area contributed by atoms with E-state index in [4.69, 9.17) is 5.73 Å². The van der Waals surface area contributed by atoms with Gasteiger partial charge in [-0.25, -0.2) is 0 Å². The van der Waals surface area contributed by atoms with Gasteiger partial charge in [0, 0.05) is 6.04 Å². The molecule has 16 heavy (non-hydrogen) atoms. The molecule has 0 aromatic heterocycles. The highest BCUT2D eigenvalue weighted by Crippen LogP contribution is 2.22. The molecule has 86 valence electrons. The molecule has 0 bridgehead atoms. The van der Waals surface area contributed by atoms with Crippen LogP contribution in [-0.4, -0.2) is 11.9 Å². The molecular weight excluding hydrogens is 200 g/mol. The standard InChI is InChI=1S/C13H18N2O/c1-13(14,10-6-3-2-4-7-10)12(16)15-11-8-5-9-11/h2-4,6-7,11H,5,8-9,14H2,1H3,(H,15,16). The summed E-state index contributed by atoms with van der Waals surface area (Å²) in [7, 11) is 0. The van der Waals surface area contributed by atoms with E-state index < -0.39 is 5.54 Å². The van der Waals surface area contributed by atoms with E-state index in [2.05, 4.69) is 5.32 Å². The lowest BCUT2D eigenvalue weighted by Gasteiger charge is -2.31. The first-order chi connectivity index (χ1) is 7.60. The van der Waals surface area contributed by atoms with Gasteiger partial charge < -0.3 is 11.1 Å². The summed E-state index contributed by atoms with van der Waals surface area (Å²) in [4.78, 5) is 12.0. The van der Waals surface area contributed by atoms with Crippen molar-refractivity contribution in [2.75, 3.05) is 0 Å². The van der Waals surface area contributed by atoms with Crippen molar-refractivity contribution in [1.29, 1.82) is 0 Å². The molecule has 1 amide bonds. The van der Waals surface area contributed by atoms with Gasteiger partial charge in [0.15, 0.2) is 0 Å². The minimum absolute atomic E-state index is 0.0802. The average Bonchev–Trinajstić information content (AvgIpc) is 2.24. The van der Waals surface area contributed by atoms with Crippen LogP contribution in [0.3, 0.4) is 0 Å². The third-order valence-corrected chi connectivity index (χ3v) is 3.29. The summed E-state index contributed by atoms with van der Waals surface area (Å²) in [5.74, 6) is -0.0802. The molecule has 0 saturated heterocycles. The zero-order valence-corrected chi connectivity index (χ0v) is 9.57. The number of carbonyl (C=O) groups excluding carboxylic acids is 1. The lowest BCUT2D eigenvalue weighted by molar-refractivity contribution is -0.127. The van der Waals surface area contributed by atoms with Crippen LogP contribution < -0.4 is 11.1 Å². The molecule has 2 rings (SSSR count). The van der Waals surface area contributed by atoms with Crippen molar-refractivity contribution in [2.45, 2.75) is 37.8 Å². The molecular formula is C13H18N2O. The molecule has 1 unspecified atom stereocenters. The Kier molecular flexibility index (Phi) is 2.97. The number of amides is 1. The monoisotopic (exact) mass is 218 g/mol. The predicted octanol–water partition coefficient (Wildman–Crippen LogP) is 1.53. The van der Waals surface area contributed by atoms with Crippen LogP contribution in [0.2, 0.25) is 0 Å². The molecule has 0 aliphatic heterocycles. The summed E-state index contributed by atoms with van der Waals surface area (Å²) in [6.45, 7) is 1.76. The number of hydrogen-bond acceptors (Lipinski definition) is 2. The Morgan fingerprint density at radius 1 is 1.38 bits per heavy atom. The van der Waals surface area contributed by atoms with Gasteiger partial charge in [0.25, 0.3) is 0 Å². The molecule has 1 aromatic carbocycles. The summed E-state index contributed by atoms with van der Waals surface area (Å²) in [5.41, 5.74) is 6.02. The van der Waals surface area contributed by atoms with Crippen LogP contribution in [0.1, 0.15) is 31.7 Å². The van der Waals surface area contributed by atoms with Crippen LogP contribution in [0.5, 0.6) is 0 Å². The molecule has 1 aromatic rings. The van der Waals surface area contributed by atoms with E-state index in [0.717, 1.165) is 18.4 Å². The largest absolute Gasteiger partial charge is 0.351 e. The van der Waals surface area contributed by atoms with Gasteiger partial charge in [0.05, 0.1) is 0 Å². The Morgan fingerprint density at radius 3 is 2.50 bits per heavy atom. The number of rotatable bonds is 3. The highest BCUT2D eigenvalue weighted by atomic mass is 16.2. The van der Waals surface area contributed by atoms with Gasteiger partial charge in [-0.1, -0.05) is 30.3 Å². The lowest BCUT2D eigenvalue weighted by Crippen LogP contribution is -2.53. The molecule has 1 atom stereocenters. The Hall–Kier alpha value is -1.35. The predicted molar refractivity (Wildman–Crippen MR) is 63.8 cm³/mol. The van der Waals surface area contributed by atoms with Crippen molar-refractivity contribution in [3.05, 3.63) is 35.9 Å². The van der Waals surface area contributed by atoms with E-state index in [1.165, 1.54) is 6.42 Å². The summed E-state index contributed by atoms with van der Waals surface area (Å²) in [6, 6.07) is 9.83. The number of carbonyl (C=O) groups is 1. The summed E-state index contributed by atoms with van der Waals surface area (Å²) >= 11 is 0. The van der Waals surface area contributed by atoms with E-state index in [-0.39, 0.29) is 5.91 Å². The summed E-state index contributed by atoms with van der Waals surface area (Å²) in [5, 5.41) is 2.99. The molecule has 3 N–H and O–H groups in total. The van der Waals surface area contributed by atoms with Crippen molar-refractivity contribution >= 4 is 5.91 Å². The second-order valence-electron chi connectivity index (χ2n) is 4.67. The topological polar surface area (TPSA) is 55.1 Å². The first-order valence-corrected chi connectivity index (χ1v) is 5.76. The molecule has 0 heterocycles. The van der Waals surface area contributed by atoms with Gasteiger partial charge in [-0.05, 0) is 31.7 Å². The zero-order chi connectivity index (χ0) is 11.6. The van der Waals surface area contributed by atoms with Crippen molar-refractivity contribution < 1.29 is 4.79 Å². The van der Waals surface area contributed by atoms with E-state index in [1.54, 1.807) is 6.92 Å². The van der Waals surface area contributed by atoms with E-state index in [1.807, 2.05) is 30.3 Å². The fourth-order valence-corrected chi connectivity index (χ4v) is 1.80. The number of nitrogens with two attached hydrogens (primary N) is 1. The Balaban J connectivity index is 2.08. The van der Waals surface area contributed by atoms with Crippen LogP contribution in [0.4, 0.5) is 0 Å². The Morgan fingerprint density at radius 2 is 2.00 bits per heavy atom. The lowest BCUT2D eigenvalue weighted by atomic mass is 9.89. The van der Waals surface area contributed by atoms with Crippen molar-refractivity contribution in [3.63, 3.8) is 0 Å². The van der Waals surface area contributed by atoms with Gasteiger partial charge >= 0.3 is 0 Å². The minimum atomic E-state index is -0.934. The van der Waals surface area contributed by atoms with Gasteiger partial charge in [-0.2, -0.15) is 0 Å². The number of benzene rings is 1. The average molecular weight is 218 g/mol. The molecule has 1 aliphatic rings. The van der Waals surface area contributed by atoms with E-state index in [9.17, 15) is 4.79 Å². The fourth-order valence-electron chi connectivity index (χ4n) is 1.80. The first kappa shape index (κ1) is 11.1. The molecule has 0 spiro atoms. The number of hydrogen-bond donors (Lipinski definition) is 2. The molecule has 3 nitrogen and oxygen atoms in total. The maximum absolute atomic E-state index is 12.0. The van der Waals surface area contributed by atoms with Crippen LogP contribution >= 0.6 is 0 Å². The fraction of sp³-hybridized carbons (Fsp3) is 0.462. The van der Waals surface area contributed by atoms with Crippen LogP contribution in [0, 0.1) is 0 Å². The minimum Gasteiger partial charge on any atom is -0.351 e. The highest BCUT2D eigenvalue weighted by molar-refractivity contribution is 5.87. The molecule has 1 fully saturated rings. The maximum atomic E-state index is 12.0. The molecule has 1 aliphatic carbocycles. The highest BCUT2D eigenvalue weighted by Gasteiger charge is 2.32. The van der Waals surface area contributed by atoms with E-state index in [0.29, 0.717) is 6.04 Å². The maximum Gasteiger partial charge on any atom is 0.244 e. The third-order valence-electron chi connectivity index (χ3n) is 3.29. The first-order valence-electron chi connectivity index (χ1n) is 5.76. The van der Waals surface area contributed by atoms with Crippen LogP contribution in [0.25, 0.3) is 0 Å². The van der Waals surface area contributed by atoms with Crippen molar-refractivity contribution in [1.82, 2.24) is 5.32 Å². The van der Waals surface area contributed by atoms with E-state index >= 15 is 0 Å². The second kappa shape index (κ2) is 4.26. The normalized spacial score (nSPS) is 19.6. The second-order valence-corrected chi connectivity index (χ2v) is 4.67. The quantitative estimate of drug-likeness (QED) is 0.808. The van der Waals surface area contributed by atoms with Crippen LogP contribution in [-0.2, 0) is 10.3 Å². The zero-order valence-electron chi connectivity index (χ0n) is 9.57. The van der Waals surface area contributed by atoms with Gasteiger partial charge in [0.2, 0.25) is 5.91 Å². The molecule has 3 heteroatoms. The van der Waals surface area contributed by atoms with Gasteiger partial charge in [-0.15, -0.1) is 0 Å². The third kappa shape index (κ3) is 2.09. The smallest absolute Gasteiger partial charge is 0.244 e. The van der Waals surface area contributed by atoms with Gasteiger partial charge in [0.1, 0.15) is 5.54 Å². The number of nitrogens with one attached hydrogen (secondary N) is 1. The summed E-state index contributed by atoms with van der Waals surface area (Å²) in [6.07, 6.45) is 3.37. The molecule has 1 saturated carbocycles. The molecule has 0 radical (unpaired) electrons. The Labute approximate surface area is 96.0 Å².